The fraction of sp³-hybridized carbons (Fsp3) is 0.667. The van der Waals surface area contributed by atoms with Crippen molar-refractivity contribution >= 4 is 11.9 Å². The lowest BCUT2D eigenvalue weighted by Gasteiger charge is -2.05. The van der Waals surface area contributed by atoms with Crippen LogP contribution in [0.4, 0.5) is 0 Å². The normalized spacial score (nSPS) is 9.92. The van der Waals surface area contributed by atoms with Crippen molar-refractivity contribution in [2.45, 2.75) is 19.0 Å². The predicted octanol–water partition coefficient (Wildman–Crippen LogP) is -1.36. The minimum Gasteiger partial charge on any atom is -0.481 e. The lowest BCUT2D eigenvalue weighted by molar-refractivity contribution is -0.148. The van der Waals surface area contributed by atoms with Crippen LogP contribution in [-0.2, 0) is 14.3 Å². The van der Waals surface area contributed by atoms with E-state index in [1.54, 1.807) is 0 Å². The maximum Gasteiger partial charge on any atom is 0.306 e. The van der Waals surface area contributed by atoms with Crippen LogP contribution < -0.4 is 11.5 Å². The van der Waals surface area contributed by atoms with Gasteiger partial charge in [0.15, 0.2) is 0 Å². The van der Waals surface area contributed by atoms with E-state index in [4.69, 9.17) is 16.6 Å². The summed E-state index contributed by atoms with van der Waals surface area (Å²) in [6.07, 6.45) is -1.10. The van der Waals surface area contributed by atoms with Gasteiger partial charge in [-0.25, -0.2) is 0 Å². The quantitative estimate of drug-likeness (QED) is 0.352. The smallest absolute Gasteiger partial charge is 0.306 e. The van der Waals surface area contributed by atoms with Gasteiger partial charge < -0.3 is 21.3 Å². The zero-order chi connectivity index (χ0) is 9.56. The molecule has 6 nitrogen and oxygen atoms in total. The highest BCUT2D eigenvalue weighted by molar-refractivity contribution is 5.76. The molecule has 0 aromatic carbocycles. The number of nitrogens with two attached hydrogens (primary N) is 2. The average Bonchev–Trinajstić information content (AvgIpc) is 1.96. The fourth-order valence-electron chi connectivity index (χ4n) is 0.470. The summed E-state index contributed by atoms with van der Waals surface area (Å²) in [5.41, 5.74) is 10.2. The Labute approximate surface area is 69.5 Å². The number of ether oxygens (including phenoxy) is 1. The molecule has 0 bridgehead atoms. The van der Waals surface area contributed by atoms with Gasteiger partial charge in [0, 0.05) is 0 Å². The van der Waals surface area contributed by atoms with Crippen molar-refractivity contribution < 1.29 is 19.4 Å². The largest absolute Gasteiger partial charge is 0.481 e. The second-order valence-electron chi connectivity index (χ2n) is 2.24. The molecule has 0 spiro atoms. The van der Waals surface area contributed by atoms with Crippen LogP contribution in [0.5, 0.6) is 0 Å². The summed E-state index contributed by atoms with van der Waals surface area (Å²) in [6, 6.07) is 0. The number of esters is 1. The highest BCUT2D eigenvalue weighted by Gasteiger charge is 2.06. The molecule has 0 unspecified atom stereocenters. The van der Waals surface area contributed by atoms with Crippen LogP contribution in [0, 0.1) is 0 Å². The SMILES string of the molecule is NC(N)COC(=O)CCC(=O)O. The molecule has 0 heterocycles. The molecule has 0 atom stereocenters. The Morgan fingerprint density at radius 2 is 1.92 bits per heavy atom. The molecule has 70 valence electrons. The Hall–Kier alpha value is -1.14. The van der Waals surface area contributed by atoms with E-state index < -0.39 is 18.1 Å². The number of hydrogen-bond donors (Lipinski definition) is 3. The van der Waals surface area contributed by atoms with E-state index in [0.717, 1.165) is 0 Å². The molecule has 0 aliphatic rings. The van der Waals surface area contributed by atoms with E-state index in [0.29, 0.717) is 0 Å². The van der Waals surface area contributed by atoms with E-state index >= 15 is 0 Å². The van der Waals surface area contributed by atoms with E-state index in [1.165, 1.54) is 0 Å². The maximum atomic E-state index is 10.7. The van der Waals surface area contributed by atoms with Crippen LogP contribution in [0.25, 0.3) is 0 Å². The van der Waals surface area contributed by atoms with Crippen molar-refractivity contribution in [1.29, 1.82) is 0 Å². The molecule has 0 aromatic heterocycles. The van der Waals surface area contributed by atoms with Crippen molar-refractivity contribution in [3.63, 3.8) is 0 Å². The Morgan fingerprint density at radius 1 is 1.33 bits per heavy atom. The molecule has 0 rings (SSSR count). The van der Waals surface area contributed by atoms with E-state index in [-0.39, 0.29) is 19.4 Å². The van der Waals surface area contributed by atoms with E-state index in [9.17, 15) is 9.59 Å². The second-order valence-corrected chi connectivity index (χ2v) is 2.24. The van der Waals surface area contributed by atoms with Gasteiger partial charge in [-0.05, 0) is 0 Å². The Balaban J connectivity index is 3.40. The van der Waals surface area contributed by atoms with Gasteiger partial charge in [-0.2, -0.15) is 0 Å². The number of carboxylic acid groups (broad SMARTS) is 1. The molecule has 0 saturated carbocycles. The van der Waals surface area contributed by atoms with Gasteiger partial charge in [0.05, 0.1) is 19.0 Å². The van der Waals surface area contributed by atoms with Gasteiger partial charge in [-0.3, -0.25) is 9.59 Å². The number of carbonyl (C=O) groups excluding carboxylic acids is 1. The van der Waals surface area contributed by atoms with Gasteiger partial charge in [-0.1, -0.05) is 0 Å². The first-order valence-electron chi connectivity index (χ1n) is 3.41. The average molecular weight is 176 g/mol. The zero-order valence-electron chi connectivity index (χ0n) is 6.53. The lowest BCUT2D eigenvalue weighted by atomic mass is 10.3. The third kappa shape index (κ3) is 6.97. The van der Waals surface area contributed by atoms with Crippen molar-refractivity contribution in [3.05, 3.63) is 0 Å². The van der Waals surface area contributed by atoms with Crippen LogP contribution in [-0.4, -0.2) is 29.8 Å². The maximum absolute atomic E-state index is 10.7. The molecule has 0 saturated heterocycles. The number of carboxylic acids is 1. The predicted molar refractivity (Wildman–Crippen MR) is 40.0 cm³/mol. The molecular formula is C6H12N2O4. The first-order valence-corrected chi connectivity index (χ1v) is 3.41. The van der Waals surface area contributed by atoms with Gasteiger partial charge in [0.2, 0.25) is 0 Å². The van der Waals surface area contributed by atoms with Gasteiger partial charge in [0.25, 0.3) is 0 Å². The number of rotatable bonds is 5. The summed E-state index contributed by atoms with van der Waals surface area (Å²) in [6.45, 7) is -0.0849. The fourth-order valence-corrected chi connectivity index (χ4v) is 0.470. The highest BCUT2D eigenvalue weighted by Crippen LogP contribution is 1.92. The summed E-state index contributed by atoms with van der Waals surface area (Å²) >= 11 is 0. The number of hydrogen-bond acceptors (Lipinski definition) is 5. The minimum absolute atomic E-state index is 0.0849. The number of aliphatic carboxylic acids is 1. The number of carbonyl (C=O) groups is 2. The molecule has 5 N–H and O–H groups in total. The van der Waals surface area contributed by atoms with E-state index in [2.05, 4.69) is 4.74 Å². The Kier molecular flexibility index (Phi) is 4.98. The third-order valence-corrected chi connectivity index (χ3v) is 0.980. The highest BCUT2D eigenvalue weighted by atomic mass is 16.5. The molecule has 0 aliphatic carbocycles. The lowest BCUT2D eigenvalue weighted by Crippen LogP contribution is -2.36. The summed E-state index contributed by atoms with van der Waals surface area (Å²) in [5.74, 6) is -1.64. The standard InChI is InChI=1S/C6H12N2O4/c7-4(8)3-12-6(11)2-1-5(9)10/h4H,1-3,7-8H2,(H,9,10). The molecule has 6 heteroatoms. The van der Waals surface area contributed by atoms with Gasteiger partial charge >= 0.3 is 11.9 Å². The zero-order valence-corrected chi connectivity index (χ0v) is 6.53. The second kappa shape index (κ2) is 5.50. The first kappa shape index (κ1) is 10.9. The molecule has 0 amide bonds. The summed E-state index contributed by atoms with van der Waals surface area (Å²) in [5, 5.41) is 8.18. The molecule has 0 radical (unpaired) electrons. The monoisotopic (exact) mass is 176 g/mol. The molecular weight excluding hydrogens is 164 g/mol. The van der Waals surface area contributed by atoms with Crippen molar-refractivity contribution in [2.24, 2.45) is 11.5 Å². The minimum atomic E-state index is -1.04. The molecule has 0 aliphatic heterocycles. The first-order chi connectivity index (χ1) is 5.52. The topological polar surface area (TPSA) is 116 Å². The van der Waals surface area contributed by atoms with Crippen LogP contribution in [0.15, 0.2) is 0 Å². The van der Waals surface area contributed by atoms with Gasteiger partial charge in [0.1, 0.15) is 6.61 Å². The van der Waals surface area contributed by atoms with E-state index in [1.807, 2.05) is 0 Å². The molecule has 0 fully saturated rings. The van der Waals surface area contributed by atoms with Crippen molar-refractivity contribution in [2.75, 3.05) is 6.61 Å². The van der Waals surface area contributed by atoms with Crippen molar-refractivity contribution in [3.8, 4) is 0 Å². The van der Waals surface area contributed by atoms with Crippen molar-refractivity contribution in [1.82, 2.24) is 0 Å². The Bertz CT molecular complexity index is 169. The summed E-state index contributed by atoms with van der Waals surface area (Å²) < 4.78 is 4.50. The third-order valence-electron chi connectivity index (χ3n) is 0.980. The van der Waals surface area contributed by atoms with Crippen LogP contribution in [0.1, 0.15) is 12.8 Å². The van der Waals surface area contributed by atoms with Crippen LogP contribution in [0.3, 0.4) is 0 Å². The summed E-state index contributed by atoms with van der Waals surface area (Å²) in [7, 11) is 0. The molecule has 0 aromatic rings. The molecule has 12 heavy (non-hydrogen) atoms. The van der Waals surface area contributed by atoms with Crippen LogP contribution >= 0.6 is 0 Å². The van der Waals surface area contributed by atoms with Gasteiger partial charge in [-0.15, -0.1) is 0 Å². The summed E-state index contributed by atoms with van der Waals surface area (Å²) in [4.78, 5) is 20.6. The van der Waals surface area contributed by atoms with Crippen LogP contribution in [0.2, 0.25) is 0 Å². The Morgan fingerprint density at radius 3 is 2.33 bits per heavy atom.